The van der Waals surface area contributed by atoms with Gasteiger partial charge in [0.25, 0.3) is 0 Å². The minimum atomic E-state index is 0.905. The van der Waals surface area contributed by atoms with Gasteiger partial charge in [0.05, 0.1) is 17.1 Å². The van der Waals surface area contributed by atoms with E-state index in [-0.39, 0.29) is 0 Å². The number of nitrogens with zero attached hydrogens (tertiary/aromatic N) is 3. The second-order valence-corrected chi connectivity index (χ2v) is 4.59. The molecule has 0 N–H and O–H groups in total. The molecule has 3 aromatic rings. The third kappa shape index (κ3) is 1.59. The van der Waals surface area contributed by atoms with Gasteiger partial charge in [-0.2, -0.15) is 5.10 Å². The molecule has 90 valence electrons. The molecule has 0 unspecified atom stereocenters. The van der Waals surface area contributed by atoms with E-state index >= 15 is 0 Å². The van der Waals surface area contributed by atoms with Crippen LogP contribution in [0.15, 0.2) is 36.4 Å². The van der Waals surface area contributed by atoms with Crippen LogP contribution in [0.1, 0.15) is 17.0 Å². The van der Waals surface area contributed by atoms with E-state index in [1.54, 1.807) is 0 Å². The van der Waals surface area contributed by atoms with E-state index in [2.05, 4.69) is 29.1 Å². The number of aryl methyl sites for hydroxylation is 3. The fourth-order valence-electron chi connectivity index (χ4n) is 2.16. The first kappa shape index (κ1) is 11.0. The van der Waals surface area contributed by atoms with Crippen LogP contribution in [0.4, 0.5) is 0 Å². The second-order valence-electron chi connectivity index (χ2n) is 4.59. The first-order valence-electron chi connectivity index (χ1n) is 6.06. The summed E-state index contributed by atoms with van der Waals surface area (Å²) in [7, 11) is 0. The van der Waals surface area contributed by atoms with Crippen molar-refractivity contribution in [2.45, 2.75) is 20.8 Å². The van der Waals surface area contributed by atoms with E-state index < -0.39 is 0 Å². The van der Waals surface area contributed by atoms with E-state index in [4.69, 9.17) is 0 Å². The number of fused-ring (bicyclic) bond motifs is 1. The molecule has 0 radical (unpaired) electrons. The van der Waals surface area contributed by atoms with Crippen LogP contribution in [0.3, 0.4) is 0 Å². The Labute approximate surface area is 106 Å². The Bertz CT molecular complexity index is 726. The Morgan fingerprint density at radius 2 is 1.72 bits per heavy atom. The molecule has 1 aromatic carbocycles. The molecule has 0 fully saturated rings. The monoisotopic (exact) mass is 237 g/mol. The number of rotatable bonds is 1. The minimum Gasteiger partial charge on any atom is -0.232 e. The predicted molar refractivity (Wildman–Crippen MR) is 72.6 cm³/mol. The van der Waals surface area contributed by atoms with Crippen LogP contribution in [-0.4, -0.2) is 14.6 Å². The fourth-order valence-corrected chi connectivity index (χ4v) is 2.16. The predicted octanol–water partition coefficient (Wildman–Crippen LogP) is 3.32. The van der Waals surface area contributed by atoms with Crippen molar-refractivity contribution in [3.63, 3.8) is 0 Å². The average molecular weight is 237 g/mol. The standard InChI is InChI=1S/C15H15N3/c1-10-6-4-5-7-13(10)14-8-9-15-16-11(2)12(3)18(15)17-14/h4-9H,1-3H3. The molecule has 3 rings (SSSR count). The normalized spacial score (nSPS) is 11.1. The molecule has 0 bridgehead atoms. The number of hydrogen-bond donors (Lipinski definition) is 0. The summed E-state index contributed by atoms with van der Waals surface area (Å²) in [6.45, 7) is 6.16. The molecule has 0 saturated carbocycles. The highest BCUT2D eigenvalue weighted by Gasteiger charge is 2.08. The molecule has 0 aliphatic rings. The van der Waals surface area contributed by atoms with Crippen LogP contribution in [0.2, 0.25) is 0 Å². The number of aromatic nitrogens is 3. The average Bonchev–Trinajstić information content (AvgIpc) is 2.66. The lowest BCUT2D eigenvalue weighted by Gasteiger charge is -2.05. The van der Waals surface area contributed by atoms with E-state index in [9.17, 15) is 0 Å². The van der Waals surface area contributed by atoms with Crippen LogP contribution in [0.25, 0.3) is 16.9 Å². The maximum atomic E-state index is 4.68. The van der Waals surface area contributed by atoms with Gasteiger partial charge in [0.15, 0.2) is 5.65 Å². The van der Waals surface area contributed by atoms with Crippen molar-refractivity contribution in [2.24, 2.45) is 0 Å². The SMILES string of the molecule is Cc1ccccc1-c1ccc2nc(C)c(C)n2n1. The Morgan fingerprint density at radius 1 is 0.944 bits per heavy atom. The maximum Gasteiger partial charge on any atom is 0.154 e. The molecule has 2 aromatic heterocycles. The topological polar surface area (TPSA) is 30.2 Å². The zero-order chi connectivity index (χ0) is 12.7. The van der Waals surface area contributed by atoms with Gasteiger partial charge in [0.1, 0.15) is 0 Å². The summed E-state index contributed by atoms with van der Waals surface area (Å²) >= 11 is 0. The number of imidazole rings is 1. The van der Waals surface area contributed by atoms with Gasteiger partial charge >= 0.3 is 0 Å². The molecule has 0 saturated heterocycles. The highest BCUT2D eigenvalue weighted by molar-refractivity contribution is 5.64. The molecule has 0 aliphatic heterocycles. The van der Waals surface area contributed by atoms with Gasteiger partial charge in [-0.05, 0) is 38.5 Å². The molecule has 2 heterocycles. The third-order valence-electron chi connectivity index (χ3n) is 3.36. The van der Waals surface area contributed by atoms with Crippen LogP contribution in [-0.2, 0) is 0 Å². The summed E-state index contributed by atoms with van der Waals surface area (Å²) in [5, 5.41) is 4.68. The number of benzene rings is 1. The van der Waals surface area contributed by atoms with Crippen molar-refractivity contribution in [3.8, 4) is 11.3 Å². The third-order valence-corrected chi connectivity index (χ3v) is 3.36. The summed E-state index contributed by atoms with van der Waals surface area (Å²) in [5.74, 6) is 0. The van der Waals surface area contributed by atoms with E-state index in [0.717, 1.165) is 22.7 Å². The van der Waals surface area contributed by atoms with E-state index in [1.807, 2.05) is 42.6 Å². The van der Waals surface area contributed by atoms with Gasteiger partial charge in [-0.3, -0.25) is 0 Å². The van der Waals surface area contributed by atoms with Gasteiger partial charge in [-0.15, -0.1) is 0 Å². The van der Waals surface area contributed by atoms with Crippen molar-refractivity contribution in [1.82, 2.24) is 14.6 Å². The summed E-state index contributed by atoms with van der Waals surface area (Å²) < 4.78 is 1.91. The Kier molecular flexibility index (Phi) is 2.40. The summed E-state index contributed by atoms with van der Waals surface area (Å²) in [5.41, 5.74) is 6.43. The van der Waals surface area contributed by atoms with Crippen LogP contribution in [0.5, 0.6) is 0 Å². The minimum absolute atomic E-state index is 0.905. The largest absolute Gasteiger partial charge is 0.232 e. The van der Waals surface area contributed by atoms with Crippen LogP contribution < -0.4 is 0 Å². The lowest BCUT2D eigenvalue weighted by Crippen LogP contribution is -1.97. The summed E-state index contributed by atoms with van der Waals surface area (Å²) in [6.07, 6.45) is 0. The summed E-state index contributed by atoms with van der Waals surface area (Å²) in [6, 6.07) is 12.3. The van der Waals surface area contributed by atoms with Crippen molar-refractivity contribution >= 4 is 5.65 Å². The molecule has 0 atom stereocenters. The second kappa shape index (κ2) is 3.95. The molecular formula is C15H15N3. The zero-order valence-electron chi connectivity index (χ0n) is 10.8. The fraction of sp³-hybridized carbons (Fsp3) is 0.200. The molecule has 3 nitrogen and oxygen atoms in total. The van der Waals surface area contributed by atoms with Gasteiger partial charge < -0.3 is 0 Å². The zero-order valence-corrected chi connectivity index (χ0v) is 10.8. The molecule has 18 heavy (non-hydrogen) atoms. The Hall–Kier alpha value is -2.16. The first-order chi connectivity index (χ1) is 8.66. The Morgan fingerprint density at radius 3 is 2.50 bits per heavy atom. The van der Waals surface area contributed by atoms with Crippen LogP contribution >= 0.6 is 0 Å². The smallest absolute Gasteiger partial charge is 0.154 e. The highest BCUT2D eigenvalue weighted by Crippen LogP contribution is 2.21. The van der Waals surface area contributed by atoms with Crippen molar-refractivity contribution in [2.75, 3.05) is 0 Å². The summed E-state index contributed by atoms with van der Waals surface area (Å²) in [4.78, 5) is 4.47. The highest BCUT2D eigenvalue weighted by atomic mass is 15.3. The van der Waals surface area contributed by atoms with Gasteiger partial charge in [-0.25, -0.2) is 9.50 Å². The van der Waals surface area contributed by atoms with Crippen molar-refractivity contribution in [3.05, 3.63) is 53.3 Å². The molecule has 3 heteroatoms. The van der Waals surface area contributed by atoms with Crippen molar-refractivity contribution < 1.29 is 0 Å². The lowest BCUT2D eigenvalue weighted by atomic mass is 10.1. The number of hydrogen-bond acceptors (Lipinski definition) is 2. The molecular weight excluding hydrogens is 222 g/mol. The van der Waals surface area contributed by atoms with Crippen LogP contribution in [0, 0.1) is 20.8 Å². The van der Waals surface area contributed by atoms with E-state index in [1.165, 1.54) is 11.1 Å². The van der Waals surface area contributed by atoms with Crippen molar-refractivity contribution in [1.29, 1.82) is 0 Å². The van der Waals surface area contributed by atoms with Gasteiger partial charge in [-0.1, -0.05) is 24.3 Å². The Balaban J connectivity index is 2.25. The molecule has 0 amide bonds. The maximum absolute atomic E-state index is 4.68. The molecule has 0 aliphatic carbocycles. The van der Waals surface area contributed by atoms with Gasteiger partial charge in [0.2, 0.25) is 0 Å². The first-order valence-corrected chi connectivity index (χ1v) is 6.06. The van der Waals surface area contributed by atoms with E-state index in [0.29, 0.717) is 0 Å². The lowest BCUT2D eigenvalue weighted by molar-refractivity contribution is 0.900. The van der Waals surface area contributed by atoms with Gasteiger partial charge in [0, 0.05) is 5.56 Å². The molecule has 0 spiro atoms. The quantitative estimate of drug-likeness (QED) is 0.650.